The van der Waals surface area contributed by atoms with E-state index in [1.165, 1.54) is 43.7 Å². The predicted molar refractivity (Wildman–Crippen MR) is 220 cm³/mol. The summed E-state index contributed by atoms with van der Waals surface area (Å²) in [6.07, 6.45) is 0. The molecule has 0 spiro atoms. The van der Waals surface area contributed by atoms with Gasteiger partial charge in [0.2, 0.25) is 0 Å². The van der Waals surface area contributed by atoms with Gasteiger partial charge in [-0.25, -0.2) is 4.79 Å². The average Bonchev–Trinajstić information content (AvgIpc) is 3.73. The third kappa shape index (κ3) is 4.52. The van der Waals surface area contributed by atoms with Crippen LogP contribution in [-0.4, -0.2) is 9.13 Å². The molecule has 4 nitrogen and oxygen atoms in total. The Morgan fingerprint density at radius 1 is 0.321 bits per heavy atom. The molecule has 0 aliphatic carbocycles. The van der Waals surface area contributed by atoms with Gasteiger partial charge in [0.1, 0.15) is 5.58 Å². The topological polar surface area (TPSA) is 40.1 Å². The Hall–Kier alpha value is -7.17. The fourth-order valence-electron chi connectivity index (χ4n) is 8.31. The highest BCUT2D eigenvalue weighted by atomic mass is 16.4. The summed E-state index contributed by atoms with van der Waals surface area (Å²) >= 11 is 0. The molecule has 0 saturated carbocycles. The molecule has 0 saturated heterocycles. The van der Waals surface area contributed by atoms with E-state index < -0.39 is 0 Å². The van der Waals surface area contributed by atoms with Crippen molar-refractivity contribution < 1.29 is 4.42 Å². The molecule has 0 aliphatic rings. The van der Waals surface area contributed by atoms with Gasteiger partial charge in [0.15, 0.2) is 0 Å². The van der Waals surface area contributed by atoms with Gasteiger partial charge >= 0.3 is 5.63 Å². The van der Waals surface area contributed by atoms with Gasteiger partial charge in [-0.2, -0.15) is 0 Å². The second kappa shape index (κ2) is 11.4. The molecule has 0 bridgehead atoms. The number of benzene rings is 8. The molecule has 0 N–H and O–H groups in total. The molecule has 0 amide bonds. The SMILES string of the molecule is O=c1oc2ccc(-c3ccc4c(c3)c3cc(-c5ccc6c(c5)c5ccccc5n6-c5ccccc5)ccc3n4-c3ccccc3)cc2c2ccccc12. The molecule has 248 valence electrons. The van der Waals surface area contributed by atoms with E-state index in [-0.39, 0.29) is 5.63 Å². The molecule has 0 aliphatic heterocycles. The maximum atomic E-state index is 12.7. The number of hydrogen-bond acceptors (Lipinski definition) is 2. The van der Waals surface area contributed by atoms with Crippen LogP contribution in [0, 0.1) is 0 Å². The molecule has 53 heavy (non-hydrogen) atoms. The molecule has 8 aromatic carbocycles. The van der Waals surface area contributed by atoms with Crippen molar-refractivity contribution in [3.05, 3.63) is 192 Å². The zero-order valence-corrected chi connectivity index (χ0v) is 28.5. The summed E-state index contributed by atoms with van der Waals surface area (Å²) < 4.78 is 10.4. The summed E-state index contributed by atoms with van der Waals surface area (Å²) in [4.78, 5) is 12.7. The van der Waals surface area contributed by atoms with Crippen LogP contribution in [0.5, 0.6) is 0 Å². The minimum atomic E-state index is -0.312. The van der Waals surface area contributed by atoms with Gasteiger partial charge in [-0.15, -0.1) is 0 Å². The van der Waals surface area contributed by atoms with Gasteiger partial charge in [0.05, 0.1) is 27.5 Å². The number of aromatic nitrogens is 2. The Kier molecular flexibility index (Phi) is 6.37. The van der Waals surface area contributed by atoms with Gasteiger partial charge in [-0.3, -0.25) is 0 Å². The van der Waals surface area contributed by atoms with Crippen molar-refractivity contribution in [2.24, 2.45) is 0 Å². The van der Waals surface area contributed by atoms with E-state index in [4.69, 9.17) is 4.42 Å². The van der Waals surface area contributed by atoms with Crippen LogP contribution in [0.1, 0.15) is 0 Å². The van der Waals surface area contributed by atoms with E-state index in [1.807, 2.05) is 36.4 Å². The lowest BCUT2D eigenvalue weighted by Gasteiger charge is -2.09. The van der Waals surface area contributed by atoms with Crippen LogP contribution in [0.2, 0.25) is 0 Å². The molecule has 0 fully saturated rings. The fraction of sp³-hybridized carbons (Fsp3) is 0. The highest BCUT2D eigenvalue weighted by Crippen LogP contribution is 2.40. The minimum absolute atomic E-state index is 0.312. The lowest BCUT2D eigenvalue weighted by molar-refractivity contribution is 0.570. The van der Waals surface area contributed by atoms with Crippen molar-refractivity contribution >= 4 is 65.4 Å². The predicted octanol–water partition coefficient (Wildman–Crippen LogP) is 12.5. The third-order valence-corrected chi connectivity index (χ3v) is 10.8. The first-order valence-corrected chi connectivity index (χ1v) is 17.9. The molecule has 4 heteroatoms. The molecule has 3 aromatic heterocycles. The Bertz CT molecular complexity index is 3300. The maximum Gasteiger partial charge on any atom is 0.344 e. The lowest BCUT2D eigenvalue weighted by Crippen LogP contribution is -1.99. The summed E-state index contributed by atoms with van der Waals surface area (Å²) in [5.74, 6) is 0. The smallest absolute Gasteiger partial charge is 0.344 e. The van der Waals surface area contributed by atoms with Crippen LogP contribution in [0.15, 0.2) is 191 Å². The first-order chi connectivity index (χ1) is 26.2. The summed E-state index contributed by atoms with van der Waals surface area (Å²) in [5.41, 5.74) is 11.7. The van der Waals surface area contributed by atoms with E-state index in [0.29, 0.717) is 11.0 Å². The second-order valence-corrected chi connectivity index (χ2v) is 13.7. The number of rotatable bonds is 4. The first kappa shape index (κ1) is 29.5. The molecule has 11 rings (SSSR count). The molecule has 0 atom stereocenters. The number of nitrogens with zero attached hydrogens (tertiary/aromatic N) is 2. The zero-order chi connectivity index (χ0) is 35.0. The van der Waals surface area contributed by atoms with Crippen LogP contribution in [0.25, 0.3) is 99.0 Å². The van der Waals surface area contributed by atoms with E-state index >= 15 is 0 Å². The third-order valence-electron chi connectivity index (χ3n) is 10.8. The van der Waals surface area contributed by atoms with Crippen molar-refractivity contribution in [2.75, 3.05) is 0 Å². The zero-order valence-electron chi connectivity index (χ0n) is 28.5. The standard InChI is InChI=1S/C49H30N2O2/c52-49-39-17-8-7-15-37(39)43-30-34(22-26-48(43)53-49)33-21-25-47-42(29-33)41-28-32(20-24-46(41)51(47)36-13-5-2-6-14-36)31-19-23-45-40(27-31)38-16-9-10-18-44(38)50(45)35-11-3-1-4-12-35/h1-30H. The number of fused-ring (bicyclic) bond motifs is 9. The monoisotopic (exact) mass is 678 g/mol. The van der Waals surface area contributed by atoms with Crippen molar-refractivity contribution in [1.82, 2.24) is 9.13 Å². The quantitative estimate of drug-likeness (QED) is 0.137. The summed E-state index contributed by atoms with van der Waals surface area (Å²) in [6.45, 7) is 0. The van der Waals surface area contributed by atoms with E-state index in [0.717, 1.165) is 44.3 Å². The van der Waals surface area contributed by atoms with Crippen molar-refractivity contribution in [2.45, 2.75) is 0 Å². The van der Waals surface area contributed by atoms with E-state index in [2.05, 4.69) is 155 Å². The minimum Gasteiger partial charge on any atom is -0.422 e. The van der Waals surface area contributed by atoms with Crippen molar-refractivity contribution in [3.8, 4) is 33.6 Å². The summed E-state index contributed by atoms with van der Waals surface area (Å²) in [7, 11) is 0. The van der Waals surface area contributed by atoms with Crippen molar-refractivity contribution in [3.63, 3.8) is 0 Å². The van der Waals surface area contributed by atoms with Crippen LogP contribution < -0.4 is 5.63 Å². The molecule has 11 aromatic rings. The van der Waals surface area contributed by atoms with Crippen molar-refractivity contribution in [1.29, 1.82) is 0 Å². The lowest BCUT2D eigenvalue weighted by atomic mass is 9.98. The van der Waals surface area contributed by atoms with Gasteiger partial charge in [0, 0.05) is 38.3 Å². The normalized spacial score (nSPS) is 11.8. The summed E-state index contributed by atoms with van der Waals surface area (Å²) in [5, 5.41) is 7.25. The second-order valence-electron chi connectivity index (χ2n) is 13.7. The van der Waals surface area contributed by atoms with Crippen LogP contribution in [-0.2, 0) is 0 Å². The Morgan fingerprint density at radius 2 is 0.717 bits per heavy atom. The number of para-hydroxylation sites is 3. The highest BCUT2D eigenvalue weighted by molar-refractivity contribution is 6.14. The van der Waals surface area contributed by atoms with Gasteiger partial charge < -0.3 is 13.6 Å². The molecular formula is C49H30N2O2. The summed E-state index contributed by atoms with van der Waals surface area (Å²) in [6, 6.07) is 64.1. The average molecular weight is 679 g/mol. The first-order valence-electron chi connectivity index (χ1n) is 17.9. The van der Waals surface area contributed by atoms with Gasteiger partial charge in [-0.05, 0) is 113 Å². The Balaban J connectivity index is 1.12. The molecule has 0 unspecified atom stereocenters. The Labute approximate surface area is 304 Å². The van der Waals surface area contributed by atoms with E-state index in [1.54, 1.807) is 0 Å². The van der Waals surface area contributed by atoms with E-state index in [9.17, 15) is 4.79 Å². The Morgan fingerprint density at radius 3 is 1.26 bits per heavy atom. The number of hydrogen-bond donors (Lipinski definition) is 0. The van der Waals surface area contributed by atoms with Gasteiger partial charge in [-0.1, -0.05) is 97.1 Å². The molecular weight excluding hydrogens is 649 g/mol. The maximum absolute atomic E-state index is 12.7. The largest absolute Gasteiger partial charge is 0.422 e. The van der Waals surface area contributed by atoms with Crippen LogP contribution >= 0.6 is 0 Å². The van der Waals surface area contributed by atoms with Crippen LogP contribution in [0.3, 0.4) is 0 Å². The molecule has 0 radical (unpaired) electrons. The molecule has 3 heterocycles. The van der Waals surface area contributed by atoms with Crippen LogP contribution in [0.4, 0.5) is 0 Å². The fourth-order valence-corrected chi connectivity index (χ4v) is 8.31. The highest BCUT2D eigenvalue weighted by Gasteiger charge is 2.17. The van der Waals surface area contributed by atoms with Gasteiger partial charge in [0.25, 0.3) is 0 Å².